The number of aryl methyl sites for hydroxylation is 1. The lowest BCUT2D eigenvalue weighted by Gasteiger charge is -2.22. The first-order valence-corrected chi connectivity index (χ1v) is 7.96. The third-order valence-corrected chi connectivity index (χ3v) is 4.19. The van der Waals surface area contributed by atoms with Gasteiger partial charge in [-0.15, -0.1) is 0 Å². The van der Waals surface area contributed by atoms with Gasteiger partial charge in [0.1, 0.15) is 0 Å². The number of rotatable bonds is 4. The van der Waals surface area contributed by atoms with Crippen molar-refractivity contribution in [3.05, 3.63) is 63.7 Å². The van der Waals surface area contributed by atoms with Gasteiger partial charge >= 0.3 is 0 Å². The summed E-state index contributed by atoms with van der Waals surface area (Å²) in [6.07, 6.45) is 2.31. The average Bonchev–Trinajstić information content (AvgIpc) is 3.09. The molecule has 1 aliphatic heterocycles. The molecule has 6 heteroatoms. The van der Waals surface area contributed by atoms with Gasteiger partial charge < -0.3 is 10.2 Å². The molecule has 6 nitrogen and oxygen atoms in total. The van der Waals surface area contributed by atoms with Crippen molar-refractivity contribution in [3.8, 4) is 0 Å². The molecule has 0 bridgehead atoms. The van der Waals surface area contributed by atoms with E-state index in [9.17, 15) is 14.9 Å². The third-order valence-electron chi connectivity index (χ3n) is 4.19. The number of hydrogen-bond acceptors (Lipinski definition) is 4. The molecule has 1 aliphatic rings. The van der Waals surface area contributed by atoms with Gasteiger partial charge in [0.2, 0.25) is 0 Å². The number of nitrogens with zero attached hydrogens (tertiary/aromatic N) is 2. The van der Waals surface area contributed by atoms with Crippen LogP contribution in [0.25, 0.3) is 0 Å². The molecule has 2 aromatic carbocycles. The first-order chi connectivity index (χ1) is 11.5. The number of nitro groups is 1. The van der Waals surface area contributed by atoms with E-state index in [-0.39, 0.29) is 11.6 Å². The zero-order valence-electron chi connectivity index (χ0n) is 13.5. The number of carbonyl (C=O) groups excluding carboxylic acids is 1. The molecular weight excluding hydrogens is 306 g/mol. The second-order valence-corrected chi connectivity index (χ2v) is 5.97. The number of non-ortho nitro benzene ring substituents is 1. The standard InChI is InChI=1S/C18H19N3O3/c1-13-4-9-17(20-10-2-3-11-20)16(12-13)19-18(22)14-5-7-15(8-6-14)21(23)24/h4-9,12H,2-3,10-11H2,1H3,(H,19,22). The maximum atomic E-state index is 12.5. The lowest BCUT2D eigenvalue weighted by molar-refractivity contribution is -0.384. The Bertz CT molecular complexity index is 766. The van der Waals surface area contributed by atoms with E-state index in [0.717, 1.165) is 42.9 Å². The van der Waals surface area contributed by atoms with Crippen molar-refractivity contribution in [2.75, 3.05) is 23.3 Å². The van der Waals surface area contributed by atoms with Crippen LogP contribution < -0.4 is 10.2 Å². The summed E-state index contributed by atoms with van der Waals surface area (Å²) in [5.41, 5.74) is 3.24. The molecule has 124 valence electrons. The summed E-state index contributed by atoms with van der Waals surface area (Å²) in [7, 11) is 0. The first kappa shape index (κ1) is 16.0. The maximum absolute atomic E-state index is 12.5. The van der Waals surface area contributed by atoms with Crippen LogP contribution in [0.15, 0.2) is 42.5 Å². The molecule has 0 radical (unpaired) electrons. The molecule has 0 spiro atoms. The van der Waals surface area contributed by atoms with E-state index in [2.05, 4.69) is 10.2 Å². The number of amides is 1. The molecule has 0 saturated carbocycles. The van der Waals surface area contributed by atoms with Gasteiger partial charge in [0.15, 0.2) is 0 Å². The van der Waals surface area contributed by atoms with Crippen molar-refractivity contribution in [2.45, 2.75) is 19.8 Å². The second-order valence-electron chi connectivity index (χ2n) is 5.97. The van der Waals surface area contributed by atoms with E-state index >= 15 is 0 Å². The topological polar surface area (TPSA) is 75.5 Å². The second kappa shape index (κ2) is 6.70. The number of benzene rings is 2. The molecule has 0 atom stereocenters. The number of anilines is 2. The van der Waals surface area contributed by atoms with Crippen LogP contribution in [-0.4, -0.2) is 23.9 Å². The molecular formula is C18H19N3O3. The van der Waals surface area contributed by atoms with E-state index in [4.69, 9.17) is 0 Å². The van der Waals surface area contributed by atoms with Crippen molar-refractivity contribution >= 4 is 23.0 Å². The van der Waals surface area contributed by atoms with Crippen LogP contribution in [-0.2, 0) is 0 Å². The molecule has 2 aromatic rings. The molecule has 1 N–H and O–H groups in total. The molecule has 0 unspecified atom stereocenters. The molecule has 1 amide bonds. The van der Waals surface area contributed by atoms with Crippen LogP contribution in [0.4, 0.5) is 17.1 Å². The average molecular weight is 325 g/mol. The highest BCUT2D eigenvalue weighted by Gasteiger charge is 2.18. The van der Waals surface area contributed by atoms with Gasteiger partial charge in [-0.1, -0.05) is 6.07 Å². The van der Waals surface area contributed by atoms with Crippen LogP contribution in [0.3, 0.4) is 0 Å². The lowest BCUT2D eigenvalue weighted by atomic mass is 10.1. The van der Waals surface area contributed by atoms with Gasteiger partial charge in [-0.05, 0) is 49.6 Å². The summed E-state index contributed by atoms with van der Waals surface area (Å²) in [4.78, 5) is 25.0. The van der Waals surface area contributed by atoms with E-state index in [1.165, 1.54) is 24.3 Å². The zero-order chi connectivity index (χ0) is 17.1. The van der Waals surface area contributed by atoms with E-state index in [1.54, 1.807) is 0 Å². The summed E-state index contributed by atoms with van der Waals surface area (Å²) in [6, 6.07) is 11.6. The van der Waals surface area contributed by atoms with Crippen molar-refractivity contribution < 1.29 is 9.72 Å². The Morgan fingerprint density at radius 3 is 2.42 bits per heavy atom. The smallest absolute Gasteiger partial charge is 0.269 e. The zero-order valence-corrected chi connectivity index (χ0v) is 13.5. The van der Waals surface area contributed by atoms with Crippen LogP contribution >= 0.6 is 0 Å². The molecule has 1 fully saturated rings. The van der Waals surface area contributed by atoms with Gasteiger partial charge in [0.25, 0.3) is 11.6 Å². The van der Waals surface area contributed by atoms with Gasteiger partial charge in [-0.2, -0.15) is 0 Å². The monoisotopic (exact) mass is 325 g/mol. The Morgan fingerprint density at radius 2 is 1.79 bits per heavy atom. The highest BCUT2D eigenvalue weighted by Crippen LogP contribution is 2.30. The predicted molar refractivity (Wildman–Crippen MR) is 93.7 cm³/mol. The van der Waals surface area contributed by atoms with Gasteiger partial charge in [-0.25, -0.2) is 0 Å². The summed E-state index contributed by atoms with van der Waals surface area (Å²) in [6.45, 7) is 3.96. The SMILES string of the molecule is Cc1ccc(N2CCCC2)c(NC(=O)c2ccc([N+](=O)[O-])cc2)c1. The highest BCUT2D eigenvalue weighted by molar-refractivity contribution is 6.06. The Hall–Kier alpha value is -2.89. The maximum Gasteiger partial charge on any atom is 0.269 e. The van der Waals surface area contributed by atoms with Gasteiger partial charge in [-0.3, -0.25) is 14.9 Å². The normalized spacial score (nSPS) is 13.8. The number of nitrogens with one attached hydrogen (secondary N) is 1. The summed E-state index contributed by atoms with van der Waals surface area (Å²) in [5.74, 6) is -0.268. The predicted octanol–water partition coefficient (Wildman–Crippen LogP) is 3.76. The van der Waals surface area contributed by atoms with Crippen LogP contribution in [0, 0.1) is 17.0 Å². The Balaban J connectivity index is 1.83. The molecule has 0 aromatic heterocycles. The van der Waals surface area contributed by atoms with Crippen LogP contribution in [0.2, 0.25) is 0 Å². The van der Waals surface area contributed by atoms with Crippen LogP contribution in [0.1, 0.15) is 28.8 Å². The summed E-state index contributed by atoms with van der Waals surface area (Å²) in [5, 5.41) is 13.6. The quantitative estimate of drug-likeness (QED) is 0.686. The number of nitro benzene ring substituents is 1. The van der Waals surface area contributed by atoms with Gasteiger partial charge in [0.05, 0.1) is 16.3 Å². The van der Waals surface area contributed by atoms with Gasteiger partial charge in [0, 0.05) is 30.8 Å². The van der Waals surface area contributed by atoms with E-state index < -0.39 is 4.92 Å². The minimum Gasteiger partial charge on any atom is -0.370 e. The Kier molecular flexibility index (Phi) is 4.46. The van der Waals surface area contributed by atoms with Crippen molar-refractivity contribution in [2.24, 2.45) is 0 Å². The Labute approximate surface area is 140 Å². The molecule has 1 saturated heterocycles. The van der Waals surface area contributed by atoms with E-state index in [1.807, 2.05) is 25.1 Å². The van der Waals surface area contributed by atoms with E-state index in [0.29, 0.717) is 5.56 Å². The fourth-order valence-electron chi connectivity index (χ4n) is 2.91. The molecule has 24 heavy (non-hydrogen) atoms. The van der Waals surface area contributed by atoms with Crippen molar-refractivity contribution in [1.82, 2.24) is 0 Å². The lowest BCUT2D eigenvalue weighted by Crippen LogP contribution is -2.21. The van der Waals surface area contributed by atoms with Crippen molar-refractivity contribution in [1.29, 1.82) is 0 Å². The highest BCUT2D eigenvalue weighted by atomic mass is 16.6. The summed E-state index contributed by atoms with van der Waals surface area (Å²) >= 11 is 0. The molecule has 3 rings (SSSR count). The fraction of sp³-hybridized carbons (Fsp3) is 0.278. The minimum absolute atomic E-state index is 0.0279. The largest absolute Gasteiger partial charge is 0.370 e. The molecule has 1 heterocycles. The first-order valence-electron chi connectivity index (χ1n) is 7.96. The van der Waals surface area contributed by atoms with Crippen LogP contribution in [0.5, 0.6) is 0 Å². The van der Waals surface area contributed by atoms with Crippen molar-refractivity contribution in [3.63, 3.8) is 0 Å². The number of hydrogen-bond donors (Lipinski definition) is 1. The fourth-order valence-corrected chi connectivity index (χ4v) is 2.91. The minimum atomic E-state index is -0.478. The Morgan fingerprint density at radius 1 is 1.12 bits per heavy atom. The number of carbonyl (C=O) groups is 1. The summed E-state index contributed by atoms with van der Waals surface area (Å²) < 4.78 is 0. The molecule has 0 aliphatic carbocycles. The third kappa shape index (κ3) is 3.37.